The molecule has 0 aliphatic carbocycles. The zero-order valence-electron chi connectivity index (χ0n) is 14.4. The van der Waals surface area contributed by atoms with Gasteiger partial charge < -0.3 is 15.1 Å². The molecule has 134 valence electrons. The van der Waals surface area contributed by atoms with Crippen molar-refractivity contribution in [3.63, 3.8) is 0 Å². The van der Waals surface area contributed by atoms with Crippen LogP contribution in [-0.4, -0.2) is 60.5 Å². The zero-order valence-corrected chi connectivity index (χ0v) is 15.2. The molecule has 0 spiro atoms. The summed E-state index contributed by atoms with van der Waals surface area (Å²) in [6.45, 7) is 4.07. The first-order valence-electron chi connectivity index (χ1n) is 8.42. The number of hydrogen-bond donors (Lipinski definition) is 2. The monoisotopic (exact) mass is 369 g/mol. The van der Waals surface area contributed by atoms with Gasteiger partial charge in [-0.2, -0.15) is 5.10 Å². The van der Waals surface area contributed by atoms with Crippen LogP contribution in [0.25, 0.3) is 10.2 Å². The Morgan fingerprint density at radius 3 is 2.65 bits per heavy atom. The maximum atomic E-state index is 12.5. The molecule has 0 saturated carbocycles. The van der Waals surface area contributed by atoms with Crippen molar-refractivity contribution < 1.29 is 9.59 Å². The minimum atomic E-state index is -0.209. The third-order valence-electron chi connectivity index (χ3n) is 4.62. The van der Waals surface area contributed by atoms with Crippen LogP contribution in [0.2, 0.25) is 0 Å². The van der Waals surface area contributed by atoms with Crippen LogP contribution in [0, 0.1) is 0 Å². The van der Waals surface area contributed by atoms with Crippen LogP contribution in [0.15, 0.2) is 30.3 Å². The molecule has 7 nitrogen and oxygen atoms in total. The van der Waals surface area contributed by atoms with Crippen molar-refractivity contribution in [3.05, 3.63) is 40.8 Å². The summed E-state index contributed by atoms with van der Waals surface area (Å²) in [7, 11) is 2.13. The molecular formula is C18H19N5O2S. The number of fused-ring (bicyclic) bond motifs is 1. The second-order valence-corrected chi connectivity index (χ2v) is 7.44. The molecule has 0 bridgehead atoms. The number of likely N-dealkylation sites (N-methyl/N-ethyl adjacent to an activating group) is 1. The quantitative estimate of drug-likeness (QED) is 0.691. The molecule has 1 aliphatic heterocycles. The number of aromatic amines is 1. The number of nitrogens with one attached hydrogen (secondary N) is 2. The van der Waals surface area contributed by atoms with Crippen molar-refractivity contribution >= 4 is 45.3 Å². The zero-order chi connectivity index (χ0) is 18.1. The van der Waals surface area contributed by atoms with Gasteiger partial charge in [0.25, 0.3) is 5.91 Å². The lowest BCUT2D eigenvalue weighted by Crippen LogP contribution is -2.44. The van der Waals surface area contributed by atoms with E-state index in [1.807, 2.05) is 24.3 Å². The Balaban J connectivity index is 1.47. The summed E-state index contributed by atoms with van der Waals surface area (Å²) in [5.41, 5.74) is 1.71. The van der Waals surface area contributed by atoms with Gasteiger partial charge in [0, 0.05) is 37.4 Å². The van der Waals surface area contributed by atoms with E-state index in [1.54, 1.807) is 6.07 Å². The predicted octanol–water partition coefficient (Wildman–Crippen LogP) is 2.44. The fraction of sp³-hybridized carbons (Fsp3) is 0.278. The SMILES string of the molecule is CN1CCN(c2ccc(C(=O)Nc3[nH]nc4sc(C=O)cc34)cc2)CC1. The number of aromatic nitrogens is 2. The molecule has 3 aromatic rings. The minimum Gasteiger partial charge on any atom is -0.369 e. The Morgan fingerprint density at radius 2 is 1.96 bits per heavy atom. The van der Waals surface area contributed by atoms with Crippen LogP contribution in [0.4, 0.5) is 11.5 Å². The number of carbonyl (C=O) groups is 2. The van der Waals surface area contributed by atoms with Gasteiger partial charge in [0.1, 0.15) is 10.6 Å². The Morgan fingerprint density at radius 1 is 1.23 bits per heavy atom. The highest BCUT2D eigenvalue weighted by Crippen LogP contribution is 2.28. The standard InChI is InChI=1S/C18H19N5O2S/c1-22-6-8-23(9-7-22)13-4-2-12(3-5-13)17(25)19-16-15-10-14(11-24)26-18(15)21-20-16/h2-5,10-11H,6-9H2,1H3,(H2,19,20,21,25). The van der Waals surface area contributed by atoms with Gasteiger partial charge in [-0.15, -0.1) is 11.3 Å². The van der Waals surface area contributed by atoms with Gasteiger partial charge in [-0.05, 0) is 37.4 Å². The average molecular weight is 369 g/mol. The molecule has 0 unspecified atom stereocenters. The summed E-state index contributed by atoms with van der Waals surface area (Å²) in [4.78, 5) is 29.3. The van der Waals surface area contributed by atoms with Crippen LogP contribution in [0.3, 0.4) is 0 Å². The second-order valence-electron chi connectivity index (χ2n) is 6.38. The average Bonchev–Trinajstić information content (AvgIpc) is 3.24. The van der Waals surface area contributed by atoms with E-state index in [-0.39, 0.29) is 5.91 Å². The van der Waals surface area contributed by atoms with E-state index in [1.165, 1.54) is 11.3 Å². The molecule has 1 aromatic carbocycles. The highest BCUT2D eigenvalue weighted by atomic mass is 32.1. The first kappa shape index (κ1) is 16.7. The van der Waals surface area contributed by atoms with Gasteiger partial charge in [-0.1, -0.05) is 0 Å². The first-order valence-corrected chi connectivity index (χ1v) is 9.23. The summed E-state index contributed by atoms with van der Waals surface area (Å²) in [5, 5.41) is 10.5. The van der Waals surface area contributed by atoms with E-state index in [4.69, 9.17) is 0 Å². The topological polar surface area (TPSA) is 81.3 Å². The number of thiophene rings is 1. The maximum Gasteiger partial charge on any atom is 0.256 e. The van der Waals surface area contributed by atoms with Crippen molar-refractivity contribution in [2.45, 2.75) is 0 Å². The summed E-state index contributed by atoms with van der Waals surface area (Å²) in [5.74, 6) is 0.303. The predicted molar refractivity (Wildman–Crippen MR) is 103 cm³/mol. The minimum absolute atomic E-state index is 0.209. The molecule has 1 amide bonds. The fourth-order valence-corrected chi connectivity index (χ4v) is 3.87. The van der Waals surface area contributed by atoms with Gasteiger partial charge in [0.05, 0.1) is 10.3 Å². The Kier molecular flexibility index (Phi) is 4.44. The van der Waals surface area contributed by atoms with Gasteiger partial charge >= 0.3 is 0 Å². The van der Waals surface area contributed by atoms with Gasteiger partial charge in [0.15, 0.2) is 6.29 Å². The van der Waals surface area contributed by atoms with E-state index >= 15 is 0 Å². The molecule has 26 heavy (non-hydrogen) atoms. The summed E-state index contributed by atoms with van der Waals surface area (Å²) in [6.07, 6.45) is 0.787. The van der Waals surface area contributed by atoms with E-state index in [0.717, 1.165) is 43.5 Å². The number of rotatable bonds is 4. The molecule has 4 rings (SSSR count). The Bertz CT molecular complexity index is 938. The Hall–Kier alpha value is -2.71. The molecule has 8 heteroatoms. The van der Waals surface area contributed by atoms with Gasteiger partial charge in [-0.25, -0.2) is 0 Å². The number of aldehydes is 1. The molecule has 0 atom stereocenters. The van der Waals surface area contributed by atoms with Crippen molar-refractivity contribution in [1.29, 1.82) is 0 Å². The molecule has 0 radical (unpaired) electrons. The van der Waals surface area contributed by atoms with Gasteiger partial charge in [-0.3, -0.25) is 14.7 Å². The van der Waals surface area contributed by atoms with Crippen molar-refractivity contribution in [1.82, 2.24) is 15.1 Å². The van der Waals surface area contributed by atoms with E-state index in [2.05, 4.69) is 32.4 Å². The van der Waals surface area contributed by atoms with Crippen LogP contribution < -0.4 is 10.2 Å². The van der Waals surface area contributed by atoms with E-state index < -0.39 is 0 Å². The van der Waals surface area contributed by atoms with Crippen molar-refractivity contribution in [3.8, 4) is 0 Å². The molecule has 1 aliphatic rings. The number of carbonyl (C=O) groups excluding carboxylic acids is 2. The van der Waals surface area contributed by atoms with E-state index in [0.29, 0.717) is 21.1 Å². The number of nitrogens with zero attached hydrogens (tertiary/aromatic N) is 3. The summed E-state index contributed by atoms with van der Waals surface area (Å²) < 4.78 is 0. The molecule has 1 fully saturated rings. The highest BCUT2D eigenvalue weighted by Gasteiger charge is 2.16. The first-order chi connectivity index (χ1) is 12.6. The maximum absolute atomic E-state index is 12.5. The molecular weight excluding hydrogens is 350 g/mol. The lowest BCUT2D eigenvalue weighted by molar-refractivity contribution is 0.102. The fourth-order valence-electron chi connectivity index (χ4n) is 3.06. The number of anilines is 2. The van der Waals surface area contributed by atoms with Crippen molar-refractivity contribution in [2.75, 3.05) is 43.4 Å². The molecule has 2 N–H and O–H groups in total. The number of piperazine rings is 1. The molecule has 1 saturated heterocycles. The Labute approximate surface area is 154 Å². The van der Waals surface area contributed by atoms with Crippen LogP contribution in [-0.2, 0) is 0 Å². The lowest BCUT2D eigenvalue weighted by Gasteiger charge is -2.34. The number of H-pyrrole nitrogens is 1. The molecule has 2 aromatic heterocycles. The summed E-state index contributed by atoms with van der Waals surface area (Å²) in [6, 6.07) is 9.36. The third-order valence-corrected chi connectivity index (χ3v) is 5.58. The highest BCUT2D eigenvalue weighted by molar-refractivity contribution is 7.20. The van der Waals surface area contributed by atoms with Crippen molar-refractivity contribution in [2.24, 2.45) is 0 Å². The van der Waals surface area contributed by atoms with E-state index in [9.17, 15) is 9.59 Å². The third kappa shape index (κ3) is 3.21. The molecule has 3 heterocycles. The number of hydrogen-bond acceptors (Lipinski definition) is 6. The van der Waals surface area contributed by atoms with Crippen LogP contribution in [0.5, 0.6) is 0 Å². The van der Waals surface area contributed by atoms with Crippen LogP contribution in [0.1, 0.15) is 20.0 Å². The largest absolute Gasteiger partial charge is 0.369 e. The second kappa shape index (κ2) is 6.89. The summed E-state index contributed by atoms with van der Waals surface area (Å²) >= 11 is 1.29. The smallest absolute Gasteiger partial charge is 0.256 e. The lowest BCUT2D eigenvalue weighted by atomic mass is 10.1. The number of benzene rings is 1. The van der Waals surface area contributed by atoms with Crippen LogP contribution >= 0.6 is 11.3 Å². The normalized spacial score (nSPS) is 15.3. The number of amides is 1. The van der Waals surface area contributed by atoms with Gasteiger partial charge in [0.2, 0.25) is 0 Å².